The zero-order chi connectivity index (χ0) is 14.8. The highest BCUT2D eigenvalue weighted by Gasteiger charge is 2.34. The van der Waals surface area contributed by atoms with Crippen molar-refractivity contribution >= 4 is 21.8 Å². The number of halogens is 1. The molecule has 3 rings (SSSR count). The molecule has 0 aromatic heterocycles. The first kappa shape index (κ1) is 15.0. The number of carbonyl (C=O) groups is 1. The number of carbonyl (C=O) groups excluding carboxylic acids is 1. The molecular weight excluding hydrogens is 328 g/mol. The van der Waals surface area contributed by atoms with Gasteiger partial charge in [-0.1, -0.05) is 28.1 Å². The van der Waals surface area contributed by atoms with E-state index in [1.807, 2.05) is 19.1 Å². The fourth-order valence-corrected chi connectivity index (χ4v) is 4.18. The fourth-order valence-electron chi connectivity index (χ4n) is 3.76. The van der Waals surface area contributed by atoms with Crippen LogP contribution in [0.2, 0.25) is 0 Å². The van der Waals surface area contributed by atoms with Crippen molar-refractivity contribution in [3.05, 3.63) is 34.3 Å². The molecule has 0 aliphatic carbocycles. The van der Waals surface area contributed by atoms with Gasteiger partial charge in [0.1, 0.15) is 0 Å². The fraction of sp³-hybridized carbons (Fsp3) is 0.588. The molecule has 2 saturated heterocycles. The average Bonchev–Trinajstić information content (AvgIpc) is 2.77. The molecule has 0 spiro atoms. The summed E-state index contributed by atoms with van der Waals surface area (Å²) in [6.07, 6.45) is 5.58. The van der Waals surface area contributed by atoms with E-state index in [0.717, 1.165) is 22.9 Å². The van der Waals surface area contributed by atoms with Crippen LogP contribution >= 0.6 is 15.9 Å². The Labute approximate surface area is 135 Å². The number of hydrogen-bond acceptors (Lipinski definition) is 2. The molecule has 2 heterocycles. The molecule has 4 heteroatoms. The minimum Gasteiger partial charge on any atom is -0.350 e. The summed E-state index contributed by atoms with van der Waals surface area (Å²) in [7, 11) is 0. The molecule has 1 amide bonds. The molecule has 1 aromatic carbocycles. The van der Waals surface area contributed by atoms with Gasteiger partial charge >= 0.3 is 0 Å². The minimum absolute atomic E-state index is 0.0634. The third-order valence-electron chi connectivity index (χ3n) is 4.77. The van der Waals surface area contributed by atoms with Crippen molar-refractivity contribution in [3.8, 4) is 0 Å². The van der Waals surface area contributed by atoms with Crippen LogP contribution in [0.4, 0.5) is 0 Å². The molecule has 2 fully saturated rings. The highest BCUT2D eigenvalue weighted by Crippen LogP contribution is 2.32. The minimum atomic E-state index is 0.0634. The molecular formula is C17H23BrN2O. The van der Waals surface area contributed by atoms with Gasteiger partial charge in [-0.2, -0.15) is 0 Å². The summed E-state index contributed by atoms with van der Waals surface area (Å²) >= 11 is 3.48. The van der Waals surface area contributed by atoms with Gasteiger partial charge in [0.15, 0.2) is 0 Å². The molecule has 2 bridgehead atoms. The number of piperidine rings is 1. The Kier molecular flexibility index (Phi) is 4.65. The van der Waals surface area contributed by atoms with E-state index in [-0.39, 0.29) is 11.9 Å². The predicted octanol–water partition coefficient (Wildman–Crippen LogP) is 3.55. The van der Waals surface area contributed by atoms with Crippen LogP contribution in [0.5, 0.6) is 0 Å². The lowest BCUT2D eigenvalue weighted by Gasteiger charge is -2.29. The summed E-state index contributed by atoms with van der Waals surface area (Å²) in [5, 5.41) is 6.77. The van der Waals surface area contributed by atoms with Crippen LogP contribution in [0.3, 0.4) is 0 Å². The molecule has 0 radical (unpaired) electrons. The molecule has 2 N–H and O–H groups in total. The molecule has 3 unspecified atom stereocenters. The molecule has 21 heavy (non-hydrogen) atoms. The normalized spacial score (nSPS) is 29.1. The topological polar surface area (TPSA) is 41.1 Å². The van der Waals surface area contributed by atoms with Crippen LogP contribution in [0.15, 0.2) is 28.7 Å². The van der Waals surface area contributed by atoms with E-state index in [1.165, 1.54) is 12.8 Å². The Balaban J connectivity index is 1.52. The monoisotopic (exact) mass is 350 g/mol. The van der Waals surface area contributed by atoms with Crippen LogP contribution in [-0.2, 0) is 4.79 Å². The number of hydrogen-bond donors (Lipinski definition) is 2. The lowest BCUT2D eigenvalue weighted by Crippen LogP contribution is -2.40. The van der Waals surface area contributed by atoms with Crippen molar-refractivity contribution in [1.29, 1.82) is 0 Å². The maximum absolute atomic E-state index is 12.3. The van der Waals surface area contributed by atoms with Crippen molar-refractivity contribution in [3.63, 3.8) is 0 Å². The summed E-state index contributed by atoms with van der Waals surface area (Å²) in [4.78, 5) is 12.3. The first-order chi connectivity index (χ1) is 10.1. The van der Waals surface area contributed by atoms with Crippen molar-refractivity contribution in [2.24, 2.45) is 5.92 Å². The van der Waals surface area contributed by atoms with Gasteiger partial charge in [0.2, 0.25) is 5.91 Å². The number of nitrogens with one attached hydrogen (secondary N) is 2. The Hall–Kier alpha value is -0.870. The lowest BCUT2D eigenvalue weighted by atomic mass is 9.89. The van der Waals surface area contributed by atoms with E-state index in [4.69, 9.17) is 0 Å². The van der Waals surface area contributed by atoms with Gasteiger partial charge < -0.3 is 10.6 Å². The van der Waals surface area contributed by atoms with E-state index in [1.54, 1.807) is 0 Å². The van der Waals surface area contributed by atoms with E-state index in [9.17, 15) is 4.79 Å². The Morgan fingerprint density at radius 3 is 2.76 bits per heavy atom. The quantitative estimate of drug-likeness (QED) is 0.871. The molecule has 2 aliphatic rings. The summed E-state index contributed by atoms with van der Waals surface area (Å²) < 4.78 is 1.05. The number of benzene rings is 1. The average molecular weight is 351 g/mol. The SMILES string of the molecule is CC(NC(=O)CC1CC2CCC(C1)N2)c1cccc(Br)c1. The maximum Gasteiger partial charge on any atom is 0.220 e. The molecule has 0 saturated carbocycles. The maximum atomic E-state index is 12.3. The van der Waals surface area contributed by atoms with Crippen molar-refractivity contribution in [2.75, 3.05) is 0 Å². The summed E-state index contributed by atoms with van der Waals surface area (Å²) in [6.45, 7) is 2.05. The second kappa shape index (κ2) is 6.49. The molecule has 3 atom stereocenters. The zero-order valence-electron chi connectivity index (χ0n) is 12.4. The van der Waals surface area contributed by atoms with E-state index < -0.39 is 0 Å². The summed E-state index contributed by atoms with van der Waals surface area (Å²) in [5.74, 6) is 0.743. The van der Waals surface area contributed by atoms with Crippen molar-refractivity contribution in [2.45, 2.75) is 57.2 Å². The van der Waals surface area contributed by atoms with Crippen LogP contribution in [0, 0.1) is 5.92 Å². The third-order valence-corrected chi connectivity index (χ3v) is 5.26. The number of amides is 1. The predicted molar refractivity (Wildman–Crippen MR) is 88.0 cm³/mol. The van der Waals surface area contributed by atoms with Crippen LogP contribution < -0.4 is 10.6 Å². The van der Waals surface area contributed by atoms with Gasteiger partial charge in [0.25, 0.3) is 0 Å². The Morgan fingerprint density at radius 1 is 1.38 bits per heavy atom. The summed E-state index contributed by atoms with van der Waals surface area (Å²) in [6, 6.07) is 9.51. The van der Waals surface area contributed by atoms with E-state index in [0.29, 0.717) is 24.4 Å². The lowest BCUT2D eigenvalue weighted by molar-refractivity contribution is -0.122. The first-order valence-corrected chi connectivity index (χ1v) is 8.70. The van der Waals surface area contributed by atoms with Crippen LogP contribution in [0.25, 0.3) is 0 Å². The van der Waals surface area contributed by atoms with Gasteiger partial charge in [-0.15, -0.1) is 0 Å². The van der Waals surface area contributed by atoms with E-state index in [2.05, 4.69) is 38.7 Å². The standard InChI is InChI=1S/C17H23BrN2O/c1-11(13-3-2-4-14(18)10-13)19-17(21)9-12-7-15-5-6-16(8-12)20-15/h2-4,10-12,15-16,20H,5-9H2,1H3,(H,19,21). The van der Waals surface area contributed by atoms with Crippen LogP contribution in [0.1, 0.15) is 50.6 Å². The number of rotatable bonds is 4. The van der Waals surface area contributed by atoms with Gasteiger partial charge in [-0.25, -0.2) is 0 Å². The number of fused-ring (bicyclic) bond motifs is 2. The second-order valence-corrected chi connectivity index (χ2v) is 7.44. The van der Waals surface area contributed by atoms with Gasteiger partial charge in [-0.05, 0) is 56.2 Å². The molecule has 1 aromatic rings. The van der Waals surface area contributed by atoms with Gasteiger partial charge in [0, 0.05) is 23.0 Å². The van der Waals surface area contributed by atoms with Gasteiger partial charge in [-0.3, -0.25) is 4.79 Å². The smallest absolute Gasteiger partial charge is 0.220 e. The van der Waals surface area contributed by atoms with Gasteiger partial charge in [0.05, 0.1) is 6.04 Å². The first-order valence-electron chi connectivity index (χ1n) is 7.91. The second-order valence-electron chi connectivity index (χ2n) is 6.52. The Morgan fingerprint density at radius 2 is 2.10 bits per heavy atom. The van der Waals surface area contributed by atoms with E-state index >= 15 is 0 Å². The molecule has 3 nitrogen and oxygen atoms in total. The van der Waals surface area contributed by atoms with Crippen molar-refractivity contribution in [1.82, 2.24) is 10.6 Å². The Bertz CT molecular complexity index is 507. The summed E-state index contributed by atoms with van der Waals surface area (Å²) in [5.41, 5.74) is 1.14. The highest BCUT2D eigenvalue weighted by atomic mass is 79.9. The zero-order valence-corrected chi connectivity index (χ0v) is 14.0. The molecule has 2 aliphatic heterocycles. The largest absolute Gasteiger partial charge is 0.350 e. The van der Waals surface area contributed by atoms with Crippen molar-refractivity contribution < 1.29 is 4.79 Å². The molecule has 114 valence electrons. The highest BCUT2D eigenvalue weighted by molar-refractivity contribution is 9.10. The van der Waals surface area contributed by atoms with Crippen LogP contribution in [-0.4, -0.2) is 18.0 Å². The third kappa shape index (κ3) is 3.86.